The molecule has 0 unspecified atom stereocenters. The molecule has 1 rings (SSSR count). The van der Waals surface area contributed by atoms with Gasteiger partial charge in [-0.05, 0) is 38.8 Å². The Kier molecular flexibility index (Phi) is 4.08. The molecule has 1 aliphatic rings. The average Bonchev–Trinajstić information content (AvgIpc) is 2.53. The highest BCUT2D eigenvalue weighted by atomic mass is 16.5. The van der Waals surface area contributed by atoms with Crippen molar-refractivity contribution in [2.24, 2.45) is 5.92 Å². The first-order chi connectivity index (χ1) is 5.83. The van der Waals surface area contributed by atoms with E-state index in [1.807, 2.05) is 6.92 Å². The van der Waals surface area contributed by atoms with Crippen molar-refractivity contribution in [2.75, 3.05) is 19.7 Å². The summed E-state index contributed by atoms with van der Waals surface area (Å²) in [7, 11) is 0. The van der Waals surface area contributed by atoms with E-state index >= 15 is 0 Å². The lowest BCUT2D eigenvalue weighted by atomic mass is 10.0. The maximum atomic E-state index is 11.0. The fourth-order valence-electron chi connectivity index (χ4n) is 1.52. The van der Waals surface area contributed by atoms with E-state index in [1.54, 1.807) is 0 Å². The van der Waals surface area contributed by atoms with Crippen molar-refractivity contribution in [2.45, 2.75) is 26.2 Å². The largest absolute Gasteiger partial charge is 0.466 e. The molecule has 1 aliphatic heterocycles. The molecule has 0 spiro atoms. The van der Waals surface area contributed by atoms with Crippen LogP contribution in [0, 0.1) is 5.92 Å². The summed E-state index contributed by atoms with van der Waals surface area (Å²) in [5.74, 6) is 0.638. The first-order valence-electron chi connectivity index (χ1n) is 4.69. The van der Waals surface area contributed by atoms with Crippen LogP contribution < -0.4 is 5.32 Å². The van der Waals surface area contributed by atoms with E-state index in [2.05, 4.69) is 5.32 Å². The van der Waals surface area contributed by atoms with Gasteiger partial charge < -0.3 is 10.1 Å². The highest BCUT2D eigenvalue weighted by Gasteiger charge is 2.15. The third-order valence-corrected chi connectivity index (χ3v) is 2.22. The molecule has 0 bridgehead atoms. The maximum absolute atomic E-state index is 11.0. The average molecular weight is 171 g/mol. The van der Waals surface area contributed by atoms with Crippen LogP contribution >= 0.6 is 0 Å². The Morgan fingerprint density at radius 3 is 3.08 bits per heavy atom. The minimum absolute atomic E-state index is 0.0515. The summed E-state index contributed by atoms with van der Waals surface area (Å²) in [4.78, 5) is 11.0. The van der Waals surface area contributed by atoms with Gasteiger partial charge in [-0.1, -0.05) is 0 Å². The molecule has 1 fully saturated rings. The fourth-order valence-corrected chi connectivity index (χ4v) is 1.52. The predicted molar refractivity (Wildman–Crippen MR) is 46.8 cm³/mol. The lowest BCUT2D eigenvalue weighted by Gasteiger charge is -2.06. The molecule has 0 aliphatic carbocycles. The third-order valence-electron chi connectivity index (χ3n) is 2.22. The molecular weight excluding hydrogens is 154 g/mol. The van der Waals surface area contributed by atoms with E-state index < -0.39 is 0 Å². The van der Waals surface area contributed by atoms with Crippen LogP contribution in [0.2, 0.25) is 0 Å². The number of rotatable bonds is 4. The standard InChI is InChI=1S/C9H17NO2/c1-2-12-9(11)4-3-8-5-6-10-7-8/h8,10H,2-7H2,1H3/t8-/m1/s1. The fraction of sp³-hybridized carbons (Fsp3) is 0.889. The molecule has 1 heterocycles. The second-order valence-electron chi connectivity index (χ2n) is 3.20. The van der Waals surface area contributed by atoms with E-state index in [-0.39, 0.29) is 5.97 Å². The second kappa shape index (κ2) is 5.14. The molecule has 1 saturated heterocycles. The Hall–Kier alpha value is -0.570. The third kappa shape index (κ3) is 3.22. The van der Waals surface area contributed by atoms with Gasteiger partial charge in [0.15, 0.2) is 0 Å². The Bertz CT molecular complexity index is 141. The van der Waals surface area contributed by atoms with Crippen molar-refractivity contribution >= 4 is 5.97 Å². The molecule has 3 nitrogen and oxygen atoms in total. The van der Waals surface area contributed by atoms with Gasteiger partial charge in [0, 0.05) is 6.42 Å². The van der Waals surface area contributed by atoms with E-state index in [9.17, 15) is 4.79 Å². The van der Waals surface area contributed by atoms with E-state index in [0.29, 0.717) is 18.9 Å². The number of hydrogen-bond acceptors (Lipinski definition) is 3. The Morgan fingerprint density at radius 1 is 1.67 bits per heavy atom. The van der Waals surface area contributed by atoms with Gasteiger partial charge in [0.25, 0.3) is 0 Å². The molecule has 0 aromatic carbocycles. The normalized spacial score (nSPS) is 22.6. The van der Waals surface area contributed by atoms with Crippen molar-refractivity contribution in [3.63, 3.8) is 0 Å². The molecule has 0 amide bonds. The van der Waals surface area contributed by atoms with Crippen molar-refractivity contribution in [1.29, 1.82) is 0 Å². The highest BCUT2D eigenvalue weighted by Crippen LogP contribution is 2.14. The summed E-state index contributed by atoms with van der Waals surface area (Å²) in [6.07, 6.45) is 2.77. The summed E-state index contributed by atoms with van der Waals surface area (Å²) in [6, 6.07) is 0. The maximum Gasteiger partial charge on any atom is 0.305 e. The van der Waals surface area contributed by atoms with E-state index in [4.69, 9.17) is 4.74 Å². The van der Waals surface area contributed by atoms with E-state index in [1.165, 1.54) is 6.42 Å². The van der Waals surface area contributed by atoms with Crippen LogP contribution in [-0.2, 0) is 9.53 Å². The molecule has 0 aromatic rings. The Labute approximate surface area is 73.5 Å². The molecule has 1 N–H and O–H groups in total. The zero-order valence-electron chi connectivity index (χ0n) is 7.64. The molecular formula is C9H17NO2. The molecule has 1 atom stereocenters. The lowest BCUT2D eigenvalue weighted by molar-refractivity contribution is -0.143. The first kappa shape index (κ1) is 9.52. The smallest absolute Gasteiger partial charge is 0.305 e. The number of nitrogens with one attached hydrogen (secondary N) is 1. The zero-order valence-corrected chi connectivity index (χ0v) is 7.64. The van der Waals surface area contributed by atoms with Crippen LogP contribution in [0.4, 0.5) is 0 Å². The molecule has 12 heavy (non-hydrogen) atoms. The van der Waals surface area contributed by atoms with Gasteiger partial charge in [-0.3, -0.25) is 4.79 Å². The molecule has 3 heteroatoms. The van der Waals surface area contributed by atoms with Gasteiger partial charge in [0.05, 0.1) is 6.61 Å². The zero-order chi connectivity index (χ0) is 8.81. The quantitative estimate of drug-likeness (QED) is 0.640. The van der Waals surface area contributed by atoms with Crippen LogP contribution in [0.15, 0.2) is 0 Å². The predicted octanol–water partition coefficient (Wildman–Crippen LogP) is 0.939. The lowest BCUT2D eigenvalue weighted by Crippen LogP contribution is -2.11. The van der Waals surface area contributed by atoms with Crippen molar-refractivity contribution in [3.8, 4) is 0 Å². The minimum atomic E-state index is -0.0515. The van der Waals surface area contributed by atoms with Crippen LogP contribution in [0.25, 0.3) is 0 Å². The topological polar surface area (TPSA) is 38.3 Å². The summed E-state index contributed by atoms with van der Waals surface area (Å²) in [6.45, 7) is 4.52. The second-order valence-corrected chi connectivity index (χ2v) is 3.20. The summed E-state index contributed by atoms with van der Waals surface area (Å²) < 4.78 is 4.84. The van der Waals surface area contributed by atoms with E-state index in [0.717, 1.165) is 19.5 Å². The van der Waals surface area contributed by atoms with Crippen molar-refractivity contribution in [3.05, 3.63) is 0 Å². The van der Waals surface area contributed by atoms with Crippen molar-refractivity contribution < 1.29 is 9.53 Å². The highest BCUT2D eigenvalue weighted by molar-refractivity contribution is 5.69. The summed E-state index contributed by atoms with van der Waals surface area (Å²) in [5.41, 5.74) is 0. The number of hydrogen-bond donors (Lipinski definition) is 1. The van der Waals surface area contributed by atoms with Gasteiger partial charge in [0.2, 0.25) is 0 Å². The van der Waals surface area contributed by atoms with Crippen LogP contribution in [0.3, 0.4) is 0 Å². The SMILES string of the molecule is CCOC(=O)CC[C@@H]1CCNC1. The molecule has 0 saturated carbocycles. The number of carbonyl (C=O) groups is 1. The first-order valence-corrected chi connectivity index (χ1v) is 4.69. The molecule has 0 aromatic heterocycles. The monoisotopic (exact) mass is 171 g/mol. The van der Waals surface area contributed by atoms with Crippen LogP contribution in [0.5, 0.6) is 0 Å². The van der Waals surface area contributed by atoms with Gasteiger partial charge in [-0.15, -0.1) is 0 Å². The van der Waals surface area contributed by atoms with Crippen LogP contribution in [-0.4, -0.2) is 25.7 Å². The number of esters is 1. The molecule has 70 valence electrons. The summed E-state index contributed by atoms with van der Waals surface area (Å²) >= 11 is 0. The van der Waals surface area contributed by atoms with Gasteiger partial charge in [0.1, 0.15) is 0 Å². The van der Waals surface area contributed by atoms with Gasteiger partial charge >= 0.3 is 5.97 Å². The van der Waals surface area contributed by atoms with Gasteiger partial charge in [-0.25, -0.2) is 0 Å². The Morgan fingerprint density at radius 2 is 2.50 bits per heavy atom. The van der Waals surface area contributed by atoms with Crippen molar-refractivity contribution in [1.82, 2.24) is 5.32 Å². The number of carbonyl (C=O) groups excluding carboxylic acids is 1. The summed E-state index contributed by atoms with van der Waals surface area (Å²) in [5, 5.41) is 3.28. The minimum Gasteiger partial charge on any atom is -0.466 e. The van der Waals surface area contributed by atoms with Crippen LogP contribution in [0.1, 0.15) is 26.2 Å². The Balaban J connectivity index is 2.03. The number of ether oxygens (including phenoxy) is 1. The van der Waals surface area contributed by atoms with Gasteiger partial charge in [-0.2, -0.15) is 0 Å². The molecule has 0 radical (unpaired) electrons.